The Morgan fingerprint density at radius 1 is 1.31 bits per heavy atom. The molecule has 1 aromatic carbocycles. The molecule has 0 saturated heterocycles. The summed E-state index contributed by atoms with van der Waals surface area (Å²) in [6, 6.07) is 5.03. The van der Waals surface area contributed by atoms with E-state index in [1.54, 1.807) is 6.07 Å². The van der Waals surface area contributed by atoms with Crippen LogP contribution in [0.25, 0.3) is 0 Å². The van der Waals surface area contributed by atoms with E-state index in [0.717, 1.165) is 12.1 Å². The van der Waals surface area contributed by atoms with E-state index in [2.05, 4.69) is 4.99 Å². The van der Waals surface area contributed by atoms with Gasteiger partial charge in [-0.1, -0.05) is 12.1 Å². The van der Waals surface area contributed by atoms with Gasteiger partial charge in [-0.2, -0.15) is 13.2 Å². The SMILES string of the molecule is C/N=C/c1cccc(C(F)(F)F)c1. The van der Waals surface area contributed by atoms with E-state index >= 15 is 0 Å². The van der Waals surface area contributed by atoms with Gasteiger partial charge in [-0.3, -0.25) is 4.99 Å². The van der Waals surface area contributed by atoms with Crippen molar-refractivity contribution >= 4 is 6.21 Å². The number of benzene rings is 1. The van der Waals surface area contributed by atoms with Crippen LogP contribution in [0.1, 0.15) is 11.1 Å². The number of nitrogens with zero attached hydrogens (tertiary/aromatic N) is 1. The molecule has 4 heteroatoms. The molecule has 13 heavy (non-hydrogen) atoms. The molecule has 0 unspecified atom stereocenters. The lowest BCUT2D eigenvalue weighted by molar-refractivity contribution is -0.137. The van der Waals surface area contributed by atoms with Gasteiger partial charge in [0.05, 0.1) is 5.56 Å². The molecule has 0 spiro atoms. The van der Waals surface area contributed by atoms with Crippen molar-refractivity contribution in [3.63, 3.8) is 0 Å². The van der Waals surface area contributed by atoms with Crippen LogP contribution in [0, 0.1) is 0 Å². The average molecular weight is 187 g/mol. The summed E-state index contributed by atoms with van der Waals surface area (Å²) in [5.74, 6) is 0. The van der Waals surface area contributed by atoms with Gasteiger partial charge >= 0.3 is 6.18 Å². The lowest BCUT2D eigenvalue weighted by atomic mass is 10.1. The van der Waals surface area contributed by atoms with Gasteiger partial charge in [0.1, 0.15) is 0 Å². The summed E-state index contributed by atoms with van der Waals surface area (Å²) in [5, 5.41) is 0. The van der Waals surface area contributed by atoms with E-state index in [4.69, 9.17) is 0 Å². The molecule has 0 aromatic heterocycles. The van der Waals surface area contributed by atoms with Gasteiger partial charge in [-0.15, -0.1) is 0 Å². The lowest BCUT2D eigenvalue weighted by Crippen LogP contribution is -2.04. The van der Waals surface area contributed by atoms with E-state index in [-0.39, 0.29) is 0 Å². The maximum absolute atomic E-state index is 12.2. The van der Waals surface area contributed by atoms with Crippen molar-refractivity contribution < 1.29 is 13.2 Å². The van der Waals surface area contributed by atoms with Crippen LogP contribution in [0.15, 0.2) is 29.3 Å². The molecule has 0 atom stereocenters. The maximum Gasteiger partial charge on any atom is 0.416 e. The van der Waals surface area contributed by atoms with Crippen LogP contribution < -0.4 is 0 Å². The van der Waals surface area contributed by atoms with Gasteiger partial charge in [-0.05, 0) is 17.7 Å². The molecule has 0 aliphatic heterocycles. The Labute approximate surface area is 73.9 Å². The van der Waals surface area contributed by atoms with Crippen molar-refractivity contribution in [1.29, 1.82) is 0 Å². The minimum atomic E-state index is -4.28. The minimum absolute atomic E-state index is 0.456. The quantitative estimate of drug-likeness (QED) is 0.599. The summed E-state index contributed by atoms with van der Waals surface area (Å²) in [6.07, 6.45) is -2.90. The number of rotatable bonds is 1. The van der Waals surface area contributed by atoms with Crippen LogP contribution in [0.3, 0.4) is 0 Å². The molecule has 70 valence electrons. The highest BCUT2D eigenvalue weighted by atomic mass is 19.4. The number of halogens is 3. The fourth-order valence-corrected chi connectivity index (χ4v) is 0.944. The monoisotopic (exact) mass is 187 g/mol. The van der Waals surface area contributed by atoms with Crippen molar-refractivity contribution in [2.45, 2.75) is 6.18 Å². The first-order valence-corrected chi connectivity index (χ1v) is 3.63. The topological polar surface area (TPSA) is 12.4 Å². The smallest absolute Gasteiger partial charge is 0.296 e. The van der Waals surface area contributed by atoms with Crippen LogP contribution in [0.2, 0.25) is 0 Å². The molecule has 0 bridgehead atoms. The molecule has 1 aromatic rings. The van der Waals surface area contributed by atoms with Gasteiger partial charge in [0, 0.05) is 13.3 Å². The van der Waals surface area contributed by atoms with Crippen molar-refractivity contribution in [3.8, 4) is 0 Å². The van der Waals surface area contributed by atoms with Crippen molar-refractivity contribution in [2.75, 3.05) is 7.05 Å². The zero-order chi connectivity index (χ0) is 9.90. The molecule has 0 amide bonds. The fraction of sp³-hybridized carbons (Fsp3) is 0.222. The second-order valence-corrected chi connectivity index (χ2v) is 2.51. The van der Waals surface area contributed by atoms with Crippen LogP contribution in [0.5, 0.6) is 0 Å². The number of hydrogen-bond acceptors (Lipinski definition) is 1. The summed E-state index contributed by atoms with van der Waals surface area (Å²) >= 11 is 0. The molecule has 0 N–H and O–H groups in total. The number of aliphatic imine (C=N–C) groups is 1. The van der Waals surface area contributed by atoms with Crippen LogP contribution in [-0.2, 0) is 6.18 Å². The molecule has 0 aliphatic rings. The third kappa shape index (κ3) is 2.57. The van der Waals surface area contributed by atoms with Crippen LogP contribution >= 0.6 is 0 Å². The maximum atomic E-state index is 12.2. The summed E-state index contributed by atoms with van der Waals surface area (Å²) in [7, 11) is 1.51. The predicted octanol–water partition coefficient (Wildman–Crippen LogP) is 2.75. The Bertz CT molecular complexity index is 315. The molecule has 1 rings (SSSR count). The zero-order valence-corrected chi connectivity index (χ0v) is 6.97. The Balaban J connectivity index is 3.05. The van der Waals surface area contributed by atoms with Gasteiger partial charge in [0.15, 0.2) is 0 Å². The Kier molecular flexibility index (Phi) is 2.70. The standard InChI is InChI=1S/C9H8F3N/c1-13-6-7-3-2-4-8(5-7)9(10,11)12/h2-6H,1H3/b13-6+. The normalized spacial score (nSPS) is 12.3. The number of hydrogen-bond donors (Lipinski definition) is 0. The van der Waals surface area contributed by atoms with Gasteiger partial charge in [0.2, 0.25) is 0 Å². The highest BCUT2D eigenvalue weighted by Gasteiger charge is 2.30. The summed E-state index contributed by atoms with van der Waals surface area (Å²) in [5.41, 5.74) is -0.192. The van der Waals surface area contributed by atoms with Gasteiger partial charge in [0.25, 0.3) is 0 Å². The second-order valence-electron chi connectivity index (χ2n) is 2.51. The highest BCUT2D eigenvalue weighted by molar-refractivity contribution is 5.79. The predicted molar refractivity (Wildman–Crippen MR) is 45.0 cm³/mol. The Morgan fingerprint density at radius 3 is 2.54 bits per heavy atom. The van der Waals surface area contributed by atoms with E-state index in [9.17, 15) is 13.2 Å². The lowest BCUT2D eigenvalue weighted by Gasteiger charge is -2.06. The molecule has 0 aliphatic carbocycles. The van der Waals surface area contributed by atoms with Gasteiger partial charge < -0.3 is 0 Å². The van der Waals surface area contributed by atoms with E-state index in [1.165, 1.54) is 19.3 Å². The number of alkyl halides is 3. The van der Waals surface area contributed by atoms with E-state index < -0.39 is 11.7 Å². The third-order valence-electron chi connectivity index (χ3n) is 1.49. The van der Waals surface area contributed by atoms with Crippen LogP contribution in [-0.4, -0.2) is 13.3 Å². The molecule has 0 radical (unpaired) electrons. The first-order valence-electron chi connectivity index (χ1n) is 3.63. The van der Waals surface area contributed by atoms with Gasteiger partial charge in [-0.25, -0.2) is 0 Å². The summed E-state index contributed by atoms with van der Waals surface area (Å²) in [6.45, 7) is 0. The summed E-state index contributed by atoms with van der Waals surface area (Å²) < 4.78 is 36.5. The molecule has 1 nitrogen and oxygen atoms in total. The molecule has 0 fully saturated rings. The Morgan fingerprint density at radius 2 is 2.00 bits per heavy atom. The van der Waals surface area contributed by atoms with Crippen molar-refractivity contribution in [3.05, 3.63) is 35.4 Å². The first kappa shape index (κ1) is 9.77. The third-order valence-corrected chi connectivity index (χ3v) is 1.49. The Hall–Kier alpha value is -1.32. The molecule has 0 heterocycles. The second kappa shape index (κ2) is 3.60. The van der Waals surface area contributed by atoms with Crippen molar-refractivity contribution in [1.82, 2.24) is 0 Å². The molecule has 0 saturated carbocycles. The molecular formula is C9H8F3N. The first-order chi connectivity index (χ1) is 6.04. The largest absolute Gasteiger partial charge is 0.416 e. The minimum Gasteiger partial charge on any atom is -0.296 e. The molecular weight excluding hydrogens is 179 g/mol. The van der Waals surface area contributed by atoms with Crippen LogP contribution in [0.4, 0.5) is 13.2 Å². The average Bonchev–Trinajstić information content (AvgIpc) is 2.04. The zero-order valence-electron chi connectivity index (χ0n) is 6.97. The fourth-order valence-electron chi connectivity index (χ4n) is 0.944. The summed E-state index contributed by atoms with van der Waals surface area (Å²) in [4.78, 5) is 3.64. The van der Waals surface area contributed by atoms with E-state index in [1.807, 2.05) is 0 Å². The van der Waals surface area contributed by atoms with Crippen molar-refractivity contribution in [2.24, 2.45) is 4.99 Å². The highest BCUT2D eigenvalue weighted by Crippen LogP contribution is 2.29. The van der Waals surface area contributed by atoms with E-state index in [0.29, 0.717) is 5.56 Å².